The predicted octanol–water partition coefficient (Wildman–Crippen LogP) is 1.74. The Morgan fingerprint density at radius 2 is 2.41 bits per heavy atom. The summed E-state index contributed by atoms with van der Waals surface area (Å²) in [4.78, 5) is 14.6. The minimum Gasteiger partial charge on any atom is -0.497 e. The average Bonchev–Trinajstić information content (AvgIpc) is 3.05. The van der Waals surface area contributed by atoms with Crippen molar-refractivity contribution >= 4 is 5.91 Å². The molecule has 5 heteroatoms. The molecule has 5 nitrogen and oxygen atoms in total. The van der Waals surface area contributed by atoms with Crippen LogP contribution >= 0.6 is 0 Å². The second-order valence-corrected chi connectivity index (χ2v) is 5.92. The van der Waals surface area contributed by atoms with Crippen molar-refractivity contribution < 1.29 is 14.3 Å². The number of nitrogens with zero attached hydrogens (tertiary/aromatic N) is 1. The van der Waals surface area contributed by atoms with Gasteiger partial charge in [0.25, 0.3) is 0 Å². The third kappa shape index (κ3) is 3.42. The first-order valence-corrected chi connectivity index (χ1v) is 8.03. The van der Waals surface area contributed by atoms with Gasteiger partial charge in [-0.15, -0.1) is 0 Å². The van der Waals surface area contributed by atoms with Crippen LogP contribution in [0, 0.1) is 0 Å². The molecule has 2 unspecified atom stereocenters. The van der Waals surface area contributed by atoms with Gasteiger partial charge in [0.2, 0.25) is 5.91 Å². The van der Waals surface area contributed by atoms with E-state index in [4.69, 9.17) is 9.47 Å². The normalized spacial score (nSPS) is 25.2. The van der Waals surface area contributed by atoms with Crippen molar-refractivity contribution in [3.05, 3.63) is 29.8 Å². The fourth-order valence-corrected chi connectivity index (χ4v) is 3.32. The van der Waals surface area contributed by atoms with Crippen LogP contribution in [0.25, 0.3) is 0 Å². The molecule has 0 radical (unpaired) electrons. The van der Waals surface area contributed by atoms with Crippen LogP contribution in [-0.2, 0) is 9.53 Å². The number of hydrogen-bond donors (Lipinski definition) is 1. The Morgan fingerprint density at radius 1 is 1.50 bits per heavy atom. The van der Waals surface area contributed by atoms with Gasteiger partial charge in [-0.05, 0) is 30.5 Å². The second kappa shape index (κ2) is 7.11. The van der Waals surface area contributed by atoms with Crippen molar-refractivity contribution in [3.63, 3.8) is 0 Å². The Morgan fingerprint density at radius 3 is 3.18 bits per heavy atom. The summed E-state index contributed by atoms with van der Waals surface area (Å²) in [7, 11) is 1.67. The predicted molar refractivity (Wildman–Crippen MR) is 83.9 cm³/mol. The van der Waals surface area contributed by atoms with Crippen LogP contribution < -0.4 is 10.1 Å². The van der Waals surface area contributed by atoms with Gasteiger partial charge in [0.1, 0.15) is 5.75 Å². The first-order valence-electron chi connectivity index (χ1n) is 8.03. The fraction of sp³-hybridized carbons (Fsp3) is 0.588. The zero-order valence-electron chi connectivity index (χ0n) is 13.1. The van der Waals surface area contributed by atoms with E-state index in [1.54, 1.807) is 7.11 Å². The van der Waals surface area contributed by atoms with Gasteiger partial charge in [-0.25, -0.2) is 0 Å². The van der Waals surface area contributed by atoms with Gasteiger partial charge >= 0.3 is 0 Å². The lowest BCUT2D eigenvalue weighted by Gasteiger charge is -2.29. The molecule has 3 rings (SSSR count). The smallest absolute Gasteiger partial charge is 0.225 e. The quantitative estimate of drug-likeness (QED) is 0.920. The van der Waals surface area contributed by atoms with Crippen LogP contribution in [-0.4, -0.2) is 50.3 Å². The van der Waals surface area contributed by atoms with E-state index in [2.05, 4.69) is 11.4 Å². The highest BCUT2D eigenvalue weighted by atomic mass is 16.5. The van der Waals surface area contributed by atoms with Gasteiger partial charge in [0.15, 0.2) is 0 Å². The Bertz CT molecular complexity index is 514. The van der Waals surface area contributed by atoms with Gasteiger partial charge in [-0.2, -0.15) is 0 Å². The van der Waals surface area contributed by atoms with E-state index in [1.807, 2.05) is 23.1 Å². The number of nitrogens with one attached hydrogen (secondary N) is 1. The van der Waals surface area contributed by atoms with Gasteiger partial charge in [0.05, 0.1) is 32.3 Å². The minimum absolute atomic E-state index is 0.00723. The van der Waals surface area contributed by atoms with Gasteiger partial charge in [0, 0.05) is 19.6 Å². The summed E-state index contributed by atoms with van der Waals surface area (Å²) in [6.07, 6.45) is 2.54. The summed E-state index contributed by atoms with van der Waals surface area (Å²) in [5, 5.41) is 3.28. The van der Waals surface area contributed by atoms with Gasteiger partial charge < -0.3 is 19.7 Å². The van der Waals surface area contributed by atoms with Gasteiger partial charge in [-0.3, -0.25) is 4.79 Å². The summed E-state index contributed by atoms with van der Waals surface area (Å²) in [5.74, 6) is 1.04. The topological polar surface area (TPSA) is 50.8 Å². The molecule has 2 saturated heterocycles. The molecule has 0 aliphatic carbocycles. The van der Waals surface area contributed by atoms with E-state index in [9.17, 15) is 4.79 Å². The number of methoxy groups -OCH3 is 1. The zero-order valence-corrected chi connectivity index (χ0v) is 13.1. The second-order valence-electron chi connectivity index (χ2n) is 5.92. The summed E-state index contributed by atoms with van der Waals surface area (Å²) in [6, 6.07) is 8.21. The molecule has 0 bridgehead atoms. The maximum Gasteiger partial charge on any atom is 0.225 e. The molecule has 120 valence electrons. The highest BCUT2D eigenvalue weighted by Crippen LogP contribution is 2.34. The maximum absolute atomic E-state index is 12.6. The van der Waals surface area contributed by atoms with Crippen LogP contribution in [0.1, 0.15) is 30.9 Å². The highest BCUT2D eigenvalue weighted by Gasteiger charge is 2.31. The molecular weight excluding hydrogens is 280 g/mol. The first-order chi connectivity index (χ1) is 10.8. The molecule has 2 fully saturated rings. The molecule has 0 spiro atoms. The van der Waals surface area contributed by atoms with E-state index in [1.165, 1.54) is 0 Å². The number of hydrogen-bond acceptors (Lipinski definition) is 4. The van der Waals surface area contributed by atoms with Crippen molar-refractivity contribution in [3.8, 4) is 5.75 Å². The number of carbonyl (C=O) groups is 1. The number of ether oxygens (including phenoxy) is 2. The first kappa shape index (κ1) is 15.3. The van der Waals surface area contributed by atoms with E-state index in [0.717, 1.165) is 43.8 Å². The fourth-order valence-electron chi connectivity index (χ4n) is 3.32. The molecule has 1 aromatic carbocycles. The highest BCUT2D eigenvalue weighted by molar-refractivity contribution is 5.77. The van der Waals surface area contributed by atoms with E-state index < -0.39 is 0 Å². The third-order valence-electron chi connectivity index (χ3n) is 4.46. The lowest BCUT2D eigenvalue weighted by Crippen LogP contribution is -2.42. The van der Waals surface area contributed by atoms with Crippen molar-refractivity contribution in [1.29, 1.82) is 0 Å². The largest absolute Gasteiger partial charge is 0.497 e. The molecular formula is C17H24N2O3. The Labute approximate surface area is 131 Å². The molecule has 2 aliphatic heterocycles. The van der Waals surface area contributed by atoms with Crippen molar-refractivity contribution in [2.24, 2.45) is 0 Å². The lowest BCUT2D eigenvalue weighted by atomic mass is 10.0. The zero-order chi connectivity index (χ0) is 15.4. The Kier molecular flexibility index (Phi) is 4.95. The van der Waals surface area contributed by atoms with Crippen molar-refractivity contribution in [2.45, 2.75) is 31.4 Å². The number of amides is 1. The molecule has 2 atom stereocenters. The Hall–Kier alpha value is -1.59. The molecule has 2 aliphatic rings. The lowest BCUT2D eigenvalue weighted by molar-refractivity contribution is -0.135. The van der Waals surface area contributed by atoms with Crippen LogP contribution in [0.2, 0.25) is 0 Å². The number of benzene rings is 1. The number of rotatable bonds is 4. The molecule has 22 heavy (non-hydrogen) atoms. The number of likely N-dealkylation sites (tertiary alicyclic amines) is 1. The summed E-state index contributed by atoms with van der Waals surface area (Å²) in [5.41, 5.74) is 1.16. The van der Waals surface area contributed by atoms with Crippen molar-refractivity contribution in [2.75, 3.05) is 33.4 Å². The van der Waals surface area contributed by atoms with Crippen LogP contribution in [0.5, 0.6) is 5.75 Å². The van der Waals surface area contributed by atoms with Crippen LogP contribution in [0.3, 0.4) is 0 Å². The maximum atomic E-state index is 12.6. The van der Waals surface area contributed by atoms with Crippen LogP contribution in [0.15, 0.2) is 24.3 Å². The third-order valence-corrected chi connectivity index (χ3v) is 4.46. The van der Waals surface area contributed by atoms with E-state index in [-0.39, 0.29) is 18.1 Å². The molecule has 0 saturated carbocycles. The standard InChI is InChI=1S/C17H24N2O3/c1-21-14-5-2-4-13(10-14)16-6-3-8-19(16)17(20)11-15-12-18-7-9-22-15/h2,4-5,10,15-16,18H,3,6-9,11-12H2,1H3. The summed E-state index contributed by atoms with van der Waals surface area (Å²) in [6.45, 7) is 3.17. The SMILES string of the molecule is COc1cccc(C2CCCN2C(=O)CC2CNCCO2)c1. The molecule has 1 N–H and O–H groups in total. The molecule has 1 amide bonds. The number of carbonyl (C=O) groups excluding carboxylic acids is 1. The minimum atomic E-state index is 0.00723. The Balaban J connectivity index is 1.67. The molecule has 1 aromatic rings. The average molecular weight is 304 g/mol. The van der Waals surface area contributed by atoms with Crippen LogP contribution in [0.4, 0.5) is 0 Å². The molecule has 2 heterocycles. The number of morpholine rings is 1. The van der Waals surface area contributed by atoms with E-state index in [0.29, 0.717) is 13.0 Å². The molecule has 0 aromatic heterocycles. The van der Waals surface area contributed by atoms with Crippen molar-refractivity contribution in [1.82, 2.24) is 10.2 Å². The summed E-state index contributed by atoms with van der Waals surface area (Å²) >= 11 is 0. The monoisotopic (exact) mass is 304 g/mol. The van der Waals surface area contributed by atoms with Gasteiger partial charge in [-0.1, -0.05) is 12.1 Å². The summed E-state index contributed by atoms with van der Waals surface area (Å²) < 4.78 is 11.0. The van der Waals surface area contributed by atoms with E-state index >= 15 is 0 Å².